The van der Waals surface area contributed by atoms with E-state index in [0.29, 0.717) is 5.69 Å². The number of carboxylic acid groups (broad SMARTS) is 1. The number of aliphatic hydroxyl groups excluding tert-OH is 1. The lowest BCUT2D eigenvalue weighted by atomic mass is 10.0. The molecule has 2 heterocycles. The van der Waals surface area contributed by atoms with E-state index in [1.165, 1.54) is 12.5 Å². The van der Waals surface area contributed by atoms with Crippen LogP contribution in [0.3, 0.4) is 0 Å². The van der Waals surface area contributed by atoms with Crippen LogP contribution in [-0.4, -0.2) is 85.4 Å². The molecule has 4 unspecified atom stereocenters. The first-order chi connectivity index (χ1) is 17.7. The summed E-state index contributed by atoms with van der Waals surface area (Å²) < 4.78 is 0. The van der Waals surface area contributed by atoms with Crippen molar-refractivity contribution in [3.8, 4) is 0 Å². The number of carbonyl (C=O) groups is 4. The fourth-order valence-corrected chi connectivity index (χ4v) is 3.92. The van der Waals surface area contributed by atoms with Gasteiger partial charge < -0.3 is 41.9 Å². The summed E-state index contributed by atoms with van der Waals surface area (Å²) in [5.41, 5.74) is 8.35. The highest BCUT2D eigenvalue weighted by atomic mass is 32.1. The van der Waals surface area contributed by atoms with Gasteiger partial charge in [0.1, 0.15) is 18.1 Å². The number of aliphatic hydroxyl groups is 1. The van der Waals surface area contributed by atoms with Crippen molar-refractivity contribution in [2.75, 3.05) is 12.4 Å². The first-order valence-electron chi connectivity index (χ1n) is 11.4. The number of aliphatic carboxylic acids is 1. The lowest BCUT2D eigenvalue weighted by Crippen LogP contribution is -2.58. The number of rotatable bonds is 13. The van der Waals surface area contributed by atoms with Crippen LogP contribution < -0.4 is 21.7 Å². The van der Waals surface area contributed by atoms with E-state index in [4.69, 9.17) is 10.8 Å². The number of aromatic amines is 2. The Kier molecular flexibility index (Phi) is 9.65. The van der Waals surface area contributed by atoms with E-state index in [1.54, 1.807) is 6.20 Å². The van der Waals surface area contributed by atoms with Crippen LogP contribution in [0.5, 0.6) is 0 Å². The predicted octanol–water partition coefficient (Wildman–Crippen LogP) is -1.54. The summed E-state index contributed by atoms with van der Waals surface area (Å²) in [4.78, 5) is 59.5. The second-order valence-electron chi connectivity index (χ2n) is 8.34. The molecule has 14 heteroatoms. The first kappa shape index (κ1) is 27.7. The second-order valence-corrected chi connectivity index (χ2v) is 8.70. The zero-order chi connectivity index (χ0) is 26.9. The highest BCUT2D eigenvalue weighted by Crippen LogP contribution is 2.18. The summed E-state index contributed by atoms with van der Waals surface area (Å²) in [7, 11) is 0. The molecule has 3 rings (SSSR count). The molecular formula is C23H29N7O6S. The van der Waals surface area contributed by atoms with E-state index in [1.807, 2.05) is 24.3 Å². The molecule has 37 heavy (non-hydrogen) atoms. The van der Waals surface area contributed by atoms with Crippen molar-refractivity contribution in [2.24, 2.45) is 5.73 Å². The largest absolute Gasteiger partial charge is 0.480 e. The number of aromatic nitrogens is 3. The number of H-pyrrole nitrogens is 2. The number of carboxylic acids is 1. The molecule has 0 saturated carbocycles. The fraction of sp³-hybridized carbons (Fsp3) is 0.348. The maximum Gasteiger partial charge on any atom is 0.328 e. The van der Waals surface area contributed by atoms with Crippen LogP contribution in [0.25, 0.3) is 10.9 Å². The van der Waals surface area contributed by atoms with Gasteiger partial charge in [-0.25, -0.2) is 9.78 Å². The predicted molar refractivity (Wildman–Crippen MR) is 137 cm³/mol. The summed E-state index contributed by atoms with van der Waals surface area (Å²) in [5.74, 6) is -3.68. The molecule has 13 nitrogen and oxygen atoms in total. The van der Waals surface area contributed by atoms with Crippen LogP contribution in [0.1, 0.15) is 11.3 Å². The van der Waals surface area contributed by atoms with Crippen LogP contribution in [0.15, 0.2) is 43.0 Å². The van der Waals surface area contributed by atoms with Gasteiger partial charge in [0.15, 0.2) is 0 Å². The summed E-state index contributed by atoms with van der Waals surface area (Å²) in [6.07, 6.45) is 4.76. The molecule has 198 valence electrons. The lowest BCUT2D eigenvalue weighted by Gasteiger charge is -2.24. The number of nitrogens with zero attached hydrogens (tertiary/aromatic N) is 1. The number of nitrogens with two attached hydrogens (primary N) is 1. The van der Waals surface area contributed by atoms with E-state index in [2.05, 4.69) is 43.5 Å². The van der Waals surface area contributed by atoms with Crippen molar-refractivity contribution in [1.82, 2.24) is 30.9 Å². The van der Waals surface area contributed by atoms with Crippen molar-refractivity contribution in [3.05, 3.63) is 54.2 Å². The monoisotopic (exact) mass is 531 g/mol. The minimum Gasteiger partial charge on any atom is -0.480 e. The fourth-order valence-electron chi connectivity index (χ4n) is 3.66. The van der Waals surface area contributed by atoms with Gasteiger partial charge in [0.25, 0.3) is 0 Å². The third-order valence-electron chi connectivity index (χ3n) is 5.68. The average Bonchev–Trinajstić information content (AvgIpc) is 3.55. The molecule has 9 N–H and O–H groups in total. The number of nitrogens with one attached hydrogen (secondary N) is 5. The van der Waals surface area contributed by atoms with Gasteiger partial charge >= 0.3 is 5.97 Å². The number of fused-ring (bicyclic) bond motifs is 1. The number of hydrogen-bond donors (Lipinski definition) is 9. The Morgan fingerprint density at radius 2 is 1.65 bits per heavy atom. The van der Waals surface area contributed by atoms with Crippen molar-refractivity contribution < 1.29 is 29.4 Å². The molecule has 2 aromatic heterocycles. The second kappa shape index (κ2) is 12.9. The minimum absolute atomic E-state index is 0.0529. The van der Waals surface area contributed by atoms with Gasteiger partial charge in [-0.2, -0.15) is 12.6 Å². The maximum atomic E-state index is 13.0. The van der Waals surface area contributed by atoms with Gasteiger partial charge in [0.05, 0.1) is 19.0 Å². The van der Waals surface area contributed by atoms with Crippen molar-refractivity contribution in [3.63, 3.8) is 0 Å². The Morgan fingerprint density at radius 3 is 2.30 bits per heavy atom. The Hall–Kier alpha value is -3.88. The number of imidazole rings is 1. The summed E-state index contributed by atoms with van der Waals surface area (Å²) in [6, 6.07) is 2.69. The van der Waals surface area contributed by atoms with Crippen LogP contribution in [0.4, 0.5) is 0 Å². The van der Waals surface area contributed by atoms with E-state index >= 15 is 0 Å². The standard InChI is InChI=1S/C23H29N7O6S/c24-15(5-12-7-26-16-4-2-1-3-14(12)16)20(32)30-19(10-37)22(34)28-17(6-13-8-25-11-27-13)21(33)29-18(9-31)23(35)36/h1-4,7-8,11,15,17-19,26,31,37H,5-6,9-10,24H2,(H,25,27)(H,28,34)(H,29,33)(H,30,32)(H,35,36). The Balaban J connectivity index is 1.65. The zero-order valence-corrected chi connectivity index (χ0v) is 20.6. The van der Waals surface area contributed by atoms with Crippen LogP contribution in [0.2, 0.25) is 0 Å². The number of amides is 3. The van der Waals surface area contributed by atoms with Crippen LogP contribution in [0, 0.1) is 0 Å². The number of benzene rings is 1. The SMILES string of the molecule is NC(Cc1c[nH]c2ccccc12)C(=O)NC(CS)C(=O)NC(Cc1cnc[nH]1)C(=O)NC(CO)C(=O)O. The van der Waals surface area contributed by atoms with E-state index in [0.717, 1.165) is 16.5 Å². The molecule has 0 aliphatic heterocycles. The summed E-state index contributed by atoms with van der Waals surface area (Å²) in [6.45, 7) is -0.838. The molecule has 1 aromatic carbocycles. The molecule has 0 aliphatic carbocycles. The highest BCUT2D eigenvalue weighted by Gasteiger charge is 2.30. The van der Waals surface area contributed by atoms with Gasteiger partial charge in [0.2, 0.25) is 17.7 Å². The molecular weight excluding hydrogens is 502 g/mol. The Labute approximate surface area is 217 Å². The smallest absolute Gasteiger partial charge is 0.328 e. The van der Waals surface area contributed by atoms with Gasteiger partial charge in [-0.3, -0.25) is 14.4 Å². The van der Waals surface area contributed by atoms with E-state index < -0.39 is 54.5 Å². The molecule has 0 radical (unpaired) electrons. The van der Waals surface area contributed by atoms with Crippen LogP contribution in [-0.2, 0) is 32.0 Å². The first-order valence-corrected chi connectivity index (χ1v) is 12.0. The highest BCUT2D eigenvalue weighted by molar-refractivity contribution is 7.80. The topological polar surface area (TPSA) is 215 Å². The van der Waals surface area contributed by atoms with E-state index in [-0.39, 0.29) is 18.6 Å². The zero-order valence-electron chi connectivity index (χ0n) is 19.7. The van der Waals surface area contributed by atoms with Gasteiger partial charge in [-0.1, -0.05) is 18.2 Å². The number of thiol groups is 1. The summed E-state index contributed by atoms with van der Waals surface area (Å²) >= 11 is 4.15. The maximum absolute atomic E-state index is 13.0. The quantitative estimate of drug-likeness (QED) is 0.118. The molecule has 0 saturated heterocycles. The number of hydrogen-bond acceptors (Lipinski definition) is 8. The van der Waals surface area contributed by atoms with Crippen molar-refractivity contribution in [1.29, 1.82) is 0 Å². The van der Waals surface area contributed by atoms with Crippen molar-refractivity contribution >= 4 is 47.2 Å². The third-order valence-corrected chi connectivity index (χ3v) is 6.04. The number of para-hydroxylation sites is 1. The molecule has 0 aliphatic rings. The molecule has 0 spiro atoms. The summed E-state index contributed by atoms with van der Waals surface area (Å²) in [5, 5.41) is 26.5. The number of carbonyl (C=O) groups excluding carboxylic acids is 3. The minimum atomic E-state index is -1.56. The molecule has 4 atom stereocenters. The molecule has 0 fully saturated rings. The lowest BCUT2D eigenvalue weighted by molar-refractivity contribution is -0.143. The van der Waals surface area contributed by atoms with Gasteiger partial charge in [-0.05, 0) is 18.1 Å². The van der Waals surface area contributed by atoms with E-state index in [9.17, 15) is 24.3 Å². The third kappa shape index (κ3) is 7.31. The van der Waals surface area contributed by atoms with Crippen LogP contribution >= 0.6 is 12.6 Å². The van der Waals surface area contributed by atoms with Crippen molar-refractivity contribution in [2.45, 2.75) is 37.0 Å². The Morgan fingerprint density at radius 1 is 0.973 bits per heavy atom. The Bertz CT molecular complexity index is 1230. The molecule has 3 aromatic rings. The van der Waals surface area contributed by atoms with Gasteiger partial charge in [-0.15, -0.1) is 0 Å². The average molecular weight is 532 g/mol. The molecule has 0 bridgehead atoms. The molecule has 3 amide bonds. The van der Waals surface area contributed by atoms with Gasteiger partial charge in [0, 0.05) is 41.2 Å². The normalized spacial score (nSPS) is 14.4.